The monoisotopic (exact) mass is 409 g/mol. The highest BCUT2D eigenvalue weighted by molar-refractivity contribution is 7.92. The van der Waals surface area contributed by atoms with Gasteiger partial charge in [-0.25, -0.2) is 8.42 Å². The fraction of sp³-hybridized carbons (Fsp3) is 0.316. The van der Waals surface area contributed by atoms with Crippen LogP contribution in [0.2, 0.25) is 0 Å². The maximum Gasteiger partial charge on any atom is 0.261 e. The molecule has 1 amide bonds. The van der Waals surface area contributed by atoms with E-state index in [9.17, 15) is 13.2 Å². The quantitative estimate of drug-likeness (QED) is 0.654. The average Bonchev–Trinajstić information content (AvgIpc) is 3.48. The molecule has 0 saturated heterocycles. The van der Waals surface area contributed by atoms with Gasteiger partial charge < -0.3 is 11.1 Å². The summed E-state index contributed by atoms with van der Waals surface area (Å²) in [5.41, 5.74) is 6.30. The number of rotatable bonds is 7. The van der Waals surface area contributed by atoms with Crippen LogP contribution in [-0.4, -0.2) is 26.4 Å². The summed E-state index contributed by atoms with van der Waals surface area (Å²) in [4.78, 5) is 12.6. The molecule has 1 aliphatic carbocycles. The Labute approximate surface area is 166 Å². The molecule has 0 aromatic heterocycles. The Hall–Kier alpha value is -2.09. The lowest BCUT2D eigenvalue weighted by molar-refractivity contribution is 0.0898. The van der Waals surface area contributed by atoms with E-state index < -0.39 is 15.6 Å². The highest BCUT2D eigenvalue weighted by Gasteiger charge is 2.41. The van der Waals surface area contributed by atoms with Crippen LogP contribution in [0.15, 0.2) is 59.5 Å². The van der Waals surface area contributed by atoms with Gasteiger partial charge in [-0.2, -0.15) is 0 Å². The number of carbonyl (C=O) groups excluding carboxylic acids is 1. The van der Waals surface area contributed by atoms with Crippen LogP contribution in [0.4, 0.5) is 5.69 Å². The smallest absolute Gasteiger partial charge is 0.261 e. The van der Waals surface area contributed by atoms with Crippen molar-refractivity contribution >= 4 is 34.0 Å². The summed E-state index contributed by atoms with van der Waals surface area (Å²) >= 11 is 0. The van der Waals surface area contributed by atoms with Crippen LogP contribution in [-0.2, 0) is 10.0 Å². The van der Waals surface area contributed by atoms with E-state index >= 15 is 0 Å². The molecule has 2 aromatic rings. The van der Waals surface area contributed by atoms with E-state index in [4.69, 9.17) is 5.73 Å². The van der Waals surface area contributed by atoms with Crippen molar-refractivity contribution in [3.8, 4) is 0 Å². The Morgan fingerprint density at radius 1 is 1.11 bits per heavy atom. The molecule has 1 atom stereocenters. The number of amides is 1. The number of nitrogens with one attached hydrogen (secondary N) is 2. The van der Waals surface area contributed by atoms with Crippen molar-refractivity contribution in [3.05, 3.63) is 60.2 Å². The maximum absolute atomic E-state index is 12.5. The van der Waals surface area contributed by atoms with Crippen LogP contribution in [0, 0.1) is 5.92 Å². The first-order valence-electron chi connectivity index (χ1n) is 8.54. The molecule has 6 nitrogen and oxygen atoms in total. The fourth-order valence-corrected chi connectivity index (χ4v) is 3.95. The predicted octanol–water partition coefficient (Wildman–Crippen LogP) is 2.77. The van der Waals surface area contributed by atoms with Crippen molar-refractivity contribution in [1.29, 1.82) is 0 Å². The molecule has 1 fully saturated rings. The number of nitrogens with two attached hydrogens (primary N) is 1. The van der Waals surface area contributed by atoms with E-state index in [0.29, 0.717) is 23.7 Å². The first-order valence-corrected chi connectivity index (χ1v) is 10.0. The third kappa shape index (κ3) is 5.00. The van der Waals surface area contributed by atoms with Crippen LogP contribution >= 0.6 is 12.4 Å². The highest BCUT2D eigenvalue weighted by atomic mass is 35.5. The molecule has 3 rings (SSSR count). The standard InChI is InChI=1S/C19H23N3O3S.ClH/c1-19(13-20,15-9-10-15)21-18(23)14-7-11-16(12-8-14)22-26(24,25)17-5-3-2-4-6-17;/h2-8,11-12,15,22H,9-10,13,20H2,1H3,(H,21,23);1H. The van der Waals surface area contributed by atoms with Gasteiger partial charge in [-0.05, 0) is 62.1 Å². The molecule has 0 bridgehead atoms. The number of sulfonamides is 1. The molecule has 1 aliphatic rings. The van der Waals surface area contributed by atoms with Crippen LogP contribution in [0.1, 0.15) is 30.1 Å². The van der Waals surface area contributed by atoms with Gasteiger partial charge in [-0.3, -0.25) is 9.52 Å². The lowest BCUT2D eigenvalue weighted by Gasteiger charge is -2.29. The third-order valence-electron chi connectivity index (χ3n) is 4.75. The molecule has 0 spiro atoms. The second-order valence-electron chi connectivity index (χ2n) is 6.85. The zero-order valence-electron chi connectivity index (χ0n) is 15.0. The molecule has 1 unspecified atom stereocenters. The predicted molar refractivity (Wildman–Crippen MR) is 109 cm³/mol. The third-order valence-corrected chi connectivity index (χ3v) is 6.15. The normalized spacial score (nSPS) is 15.9. The van der Waals surface area contributed by atoms with E-state index in [2.05, 4.69) is 10.0 Å². The zero-order valence-corrected chi connectivity index (χ0v) is 16.6. The zero-order chi connectivity index (χ0) is 18.8. The Balaban J connectivity index is 0.00000261. The van der Waals surface area contributed by atoms with Crippen molar-refractivity contribution in [2.24, 2.45) is 11.7 Å². The Bertz CT molecular complexity index is 884. The van der Waals surface area contributed by atoms with Gasteiger partial charge >= 0.3 is 0 Å². The summed E-state index contributed by atoms with van der Waals surface area (Å²) in [7, 11) is -3.65. The fourth-order valence-electron chi connectivity index (χ4n) is 2.88. The number of carbonyl (C=O) groups is 1. The minimum atomic E-state index is -3.65. The van der Waals surface area contributed by atoms with Gasteiger partial charge in [-0.1, -0.05) is 18.2 Å². The summed E-state index contributed by atoms with van der Waals surface area (Å²) in [6.07, 6.45) is 2.16. The topological polar surface area (TPSA) is 101 Å². The second-order valence-corrected chi connectivity index (χ2v) is 8.53. The lowest BCUT2D eigenvalue weighted by Crippen LogP contribution is -2.53. The molecular weight excluding hydrogens is 386 g/mol. The number of hydrogen-bond donors (Lipinski definition) is 3. The minimum Gasteiger partial charge on any atom is -0.345 e. The van der Waals surface area contributed by atoms with Crippen molar-refractivity contribution < 1.29 is 13.2 Å². The van der Waals surface area contributed by atoms with Crippen LogP contribution < -0.4 is 15.8 Å². The average molecular weight is 410 g/mol. The minimum absolute atomic E-state index is 0. The molecule has 2 aromatic carbocycles. The van der Waals surface area contributed by atoms with Crippen molar-refractivity contribution in [2.75, 3.05) is 11.3 Å². The Kier molecular flexibility index (Phi) is 6.51. The van der Waals surface area contributed by atoms with Gasteiger partial charge in [-0.15, -0.1) is 12.4 Å². The van der Waals surface area contributed by atoms with Crippen LogP contribution in [0.5, 0.6) is 0 Å². The molecule has 27 heavy (non-hydrogen) atoms. The van der Waals surface area contributed by atoms with E-state index in [1.165, 1.54) is 12.1 Å². The molecule has 1 saturated carbocycles. The largest absolute Gasteiger partial charge is 0.345 e. The van der Waals surface area contributed by atoms with Gasteiger partial charge in [0.2, 0.25) is 0 Å². The molecule has 0 heterocycles. The van der Waals surface area contributed by atoms with Gasteiger partial charge in [0.05, 0.1) is 10.4 Å². The molecule has 146 valence electrons. The van der Waals surface area contributed by atoms with Gasteiger partial charge in [0, 0.05) is 17.8 Å². The SMILES string of the molecule is CC(CN)(NC(=O)c1ccc(NS(=O)(=O)c2ccccc2)cc1)C1CC1.Cl. The van der Waals surface area contributed by atoms with Gasteiger partial charge in [0.25, 0.3) is 15.9 Å². The van der Waals surface area contributed by atoms with E-state index in [0.717, 1.165) is 12.8 Å². The summed E-state index contributed by atoms with van der Waals surface area (Å²) < 4.78 is 27.2. The molecule has 0 aliphatic heterocycles. The lowest BCUT2D eigenvalue weighted by atomic mass is 9.95. The van der Waals surface area contributed by atoms with E-state index in [1.54, 1.807) is 42.5 Å². The highest BCUT2D eigenvalue weighted by Crippen LogP contribution is 2.39. The Morgan fingerprint density at radius 2 is 1.70 bits per heavy atom. The first-order chi connectivity index (χ1) is 12.3. The summed E-state index contributed by atoms with van der Waals surface area (Å²) in [6, 6.07) is 14.5. The van der Waals surface area contributed by atoms with Gasteiger partial charge in [0.1, 0.15) is 0 Å². The first kappa shape index (κ1) is 21.2. The van der Waals surface area contributed by atoms with Crippen molar-refractivity contribution in [2.45, 2.75) is 30.2 Å². The number of hydrogen-bond acceptors (Lipinski definition) is 4. The number of halogens is 1. The molecule has 0 radical (unpaired) electrons. The van der Waals surface area contributed by atoms with Crippen molar-refractivity contribution in [3.63, 3.8) is 0 Å². The second kappa shape index (κ2) is 8.29. The molecular formula is C19H24ClN3O3S. The summed E-state index contributed by atoms with van der Waals surface area (Å²) in [6.45, 7) is 2.35. The van der Waals surface area contributed by atoms with Crippen LogP contribution in [0.3, 0.4) is 0 Å². The number of anilines is 1. The molecule has 8 heteroatoms. The number of benzene rings is 2. The van der Waals surface area contributed by atoms with Crippen LogP contribution in [0.25, 0.3) is 0 Å². The maximum atomic E-state index is 12.5. The summed E-state index contributed by atoms with van der Waals surface area (Å²) in [5, 5.41) is 3.01. The van der Waals surface area contributed by atoms with E-state index in [-0.39, 0.29) is 23.2 Å². The van der Waals surface area contributed by atoms with Crippen molar-refractivity contribution in [1.82, 2.24) is 5.32 Å². The van der Waals surface area contributed by atoms with E-state index in [1.807, 2.05) is 6.92 Å². The molecule has 4 N–H and O–H groups in total. The summed E-state index contributed by atoms with van der Waals surface area (Å²) in [5.74, 6) is 0.218. The Morgan fingerprint density at radius 3 is 2.22 bits per heavy atom. The van der Waals surface area contributed by atoms with Gasteiger partial charge in [0.15, 0.2) is 0 Å².